The highest BCUT2D eigenvalue weighted by atomic mass is 16.5. The lowest BCUT2D eigenvalue weighted by atomic mass is 9.85. The molecule has 0 bridgehead atoms. The van der Waals surface area contributed by atoms with Crippen molar-refractivity contribution < 1.29 is 14.3 Å². The Bertz CT molecular complexity index is 566. The monoisotopic (exact) mass is 360 g/mol. The molecule has 1 aromatic carbocycles. The molecule has 3 rings (SSSR count). The molecular formula is C21H32N2O3. The zero-order valence-electron chi connectivity index (χ0n) is 15.8. The number of benzene rings is 1. The van der Waals surface area contributed by atoms with Crippen LogP contribution in [0.4, 0.5) is 5.69 Å². The molecule has 5 nitrogen and oxygen atoms in total. The van der Waals surface area contributed by atoms with E-state index in [9.17, 15) is 4.79 Å². The lowest BCUT2D eigenvalue weighted by Gasteiger charge is -2.28. The summed E-state index contributed by atoms with van der Waals surface area (Å²) >= 11 is 0. The fourth-order valence-electron chi connectivity index (χ4n) is 3.84. The number of carbonyl (C=O) groups excluding carboxylic acids is 1. The van der Waals surface area contributed by atoms with Crippen LogP contribution in [0, 0.1) is 11.8 Å². The van der Waals surface area contributed by atoms with E-state index >= 15 is 0 Å². The Kier molecular flexibility index (Phi) is 7.32. The summed E-state index contributed by atoms with van der Waals surface area (Å²) in [7, 11) is 0. The van der Waals surface area contributed by atoms with Crippen LogP contribution in [0.25, 0.3) is 0 Å². The van der Waals surface area contributed by atoms with Gasteiger partial charge >= 0.3 is 0 Å². The molecule has 0 saturated carbocycles. The second-order valence-corrected chi connectivity index (χ2v) is 7.63. The minimum atomic E-state index is 0.0630. The number of rotatable bonds is 7. The number of carbonyl (C=O) groups is 1. The predicted molar refractivity (Wildman–Crippen MR) is 104 cm³/mol. The van der Waals surface area contributed by atoms with Crippen LogP contribution in [-0.2, 0) is 9.53 Å². The van der Waals surface area contributed by atoms with E-state index < -0.39 is 0 Å². The Morgan fingerprint density at radius 1 is 1.31 bits per heavy atom. The highest BCUT2D eigenvalue weighted by Crippen LogP contribution is 2.27. The summed E-state index contributed by atoms with van der Waals surface area (Å²) in [5, 5.41) is 6.48. The molecule has 2 heterocycles. The van der Waals surface area contributed by atoms with E-state index in [1.165, 1.54) is 19.3 Å². The van der Waals surface area contributed by atoms with Gasteiger partial charge in [0.15, 0.2) is 0 Å². The quantitative estimate of drug-likeness (QED) is 0.780. The number of hydrogen-bond donors (Lipinski definition) is 2. The summed E-state index contributed by atoms with van der Waals surface area (Å²) in [4.78, 5) is 12.5. The summed E-state index contributed by atoms with van der Waals surface area (Å²) < 4.78 is 11.7. The van der Waals surface area contributed by atoms with Crippen LogP contribution < -0.4 is 15.4 Å². The minimum absolute atomic E-state index is 0.0630. The van der Waals surface area contributed by atoms with Crippen molar-refractivity contribution in [2.75, 3.05) is 31.6 Å². The average molecular weight is 360 g/mol. The summed E-state index contributed by atoms with van der Waals surface area (Å²) in [6.45, 7) is 5.66. The van der Waals surface area contributed by atoms with E-state index in [1.807, 2.05) is 24.3 Å². The topological polar surface area (TPSA) is 59.6 Å². The van der Waals surface area contributed by atoms with Crippen molar-refractivity contribution in [2.24, 2.45) is 11.8 Å². The number of para-hydroxylation sites is 2. The third-order valence-corrected chi connectivity index (χ3v) is 5.51. The van der Waals surface area contributed by atoms with Crippen molar-refractivity contribution in [3.8, 4) is 5.75 Å². The van der Waals surface area contributed by atoms with E-state index in [2.05, 4.69) is 17.6 Å². The first-order chi connectivity index (χ1) is 12.7. The highest BCUT2D eigenvalue weighted by Gasteiger charge is 2.22. The van der Waals surface area contributed by atoms with Crippen molar-refractivity contribution in [3.63, 3.8) is 0 Å². The number of anilines is 1. The van der Waals surface area contributed by atoms with Gasteiger partial charge in [-0.05, 0) is 69.2 Å². The van der Waals surface area contributed by atoms with E-state index in [1.54, 1.807) is 0 Å². The summed E-state index contributed by atoms with van der Waals surface area (Å²) in [5.41, 5.74) is 0.752. The van der Waals surface area contributed by atoms with Crippen molar-refractivity contribution in [2.45, 2.75) is 51.6 Å². The molecule has 0 aromatic heterocycles. The molecule has 2 aliphatic heterocycles. The zero-order chi connectivity index (χ0) is 18.2. The fourth-order valence-corrected chi connectivity index (χ4v) is 3.84. The van der Waals surface area contributed by atoms with Gasteiger partial charge in [-0.2, -0.15) is 0 Å². The summed E-state index contributed by atoms with van der Waals surface area (Å²) in [5.74, 6) is 1.76. The van der Waals surface area contributed by atoms with E-state index in [4.69, 9.17) is 9.47 Å². The van der Waals surface area contributed by atoms with E-state index in [-0.39, 0.29) is 12.0 Å². The number of piperidine rings is 1. The normalized spacial score (nSPS) is 24.7. The van der Waals surface area contributed by atoms with Crippen molar-refractivity contribution in [3.05, 3.63) is 24.3 Å². The summed E-state index contributed by atoms with van der Waals surface area (Å²) in [6, 6.07) is 7.67. The van der Waals surface area contributed by atoms with Crippen LogP contribution in [-0.4, -0.2) is 38.3 Å². The van der Waals surface area contributed by atoms with Gasteiger partial charge in [-0.3, -0.25) is 4.79 Å². The second-order valence-electron chi connectivity index (χ2n) is 7.63. The largest absolute Gasteiger partial charge is 0.489 e. The Labute approximate surface area is 156 Å². The zero-order valence-corrected chi connectivity index (χ0v) is 15.8. The van der Waals surface area contributed by atoms with Crippen LogP contribution >= 0.6 is 0 Å². The van der Waals surface area contributed by atoms with E-state index in [0.717, 1.165) is 44.0 Å². The third kappa shape index (κ3) is 5.71. The molecule has 5 heteroatoms. The molecule has 0 radical (unpaired) electrons. The van der Waals surface area contributed by atoms with Gasteiger partial charge in [-0.1, -0.05) is 19.1 Å². The van der Waals surface area contributed by atoms with Crippen LogP contribution in [0.3, 0.4) is 0 Å². The first-order valence-electron chi connectivity index (χ1n) is 10.1. The van der Waals surface area contributed by atoms with Crippen LogP contribution in [0.15, 0.2) is 24.3 Å². The molecule has 2 fully saturated rings. The SMILES string of the molecule is CC(CC(=O)Nc1ccccc1OCC1CCCCO1)C1CCCNC1. The molecule has 1 aromatic rings. The maximum absolute atomic E-state index is 12.5. The number of nitrogens with one attached hydrogen (secondary N) is 2. The first-order valence-corrected chi connectivity index (χ1v) is 10.1. The first kappa shape index (κ1) is 19.2. The molecule has 3 unspecified atom stereocenters. The molecule has 2 N–H and O–H groups in total. The van der Waals surface area contributed by atoms with E-state index in [0.29, 0.717) is 24.9 Å². The van der Waals surface area contributed by atoms with Gasteiger partial charge in [-0.25, -0.2) is 0 Å². The molecule has 2 saturated heterocycles. The fraction of sp³-hybridized carbons (Fsp3) is 0.667. The predicted octanol–water partition coefficient (Wildman–Crippen LogP) is 3.60. The Morgan fingerprint density at radius 2 is 2.19 bits per heavy atom. The van der Waals surface area contributed by atoms with Gasteiger partial charge in [0.2, 0.25) is 5.91 Å². The maximum Gasteiger partial charge on any atom is 0.224 e. The van der Waals surface area contributed by atoms with Crippen LogP contribution in [0.5, 0.6) is 5.75 Å². The Hall–Kier alpha value is -1.59. The number of hydrogen-bond acceptors (Lipinski definition) is 4. The van der Waals surface area contributed by atoms with Gasteiger partial charge in [-0.15, -0.1) is 0 Å². The average Bonchev–Trinajstić information content (AvgIpc) is 2.68. The van der Waals surface area contributed by atoms with Gasteiger partial charge in [0.1, 0.15) is 12.4 Å². The molecule has 144 valence electrons. The highest BCUT2D eigenvalue weighted by molar-refractivity contribution is 5.92. The van der Waals surface area contributed by atoms with Gasteiger partial charge < -0.3 is 20.1 Å². The molecule has 2 aliphatic rings. The molecule has 0 spiro atoms. The molecule has 1 amide bonds. The van der Waals surface area contributed by atoms with Crippen molar-refractivity contribution in [1.29, 1.82) is 0 Å². The maximum atomic E-state index is 12.5. The third-order valence-electron chi connectivity index (χ3n) is 5.51. The molecular weight excluding hydrogens is 328 g/mol. The van der Waals surface area contributed by atoms with Crippen LogP contribution in [0.2, 0.25) is 0 Å². The Morgan fingerprint density at radius 3 is 2.96 bits per heavy atom. The number of amides is 1. The standard InChI is InChI=1S/C21H32N2O3/c1-16(17-7-6-11-22-14-17)13-21(24)23-19-9-2-3-10-20(19)26-15-18-8-4-5-12-25-18/h2-3,9-10,16-18,22H,4-8,11-15H2,1H3,(H,23,24). The smallest absolute Gasteiger partial charge is 0.224 e. The molecule has 0 aliphatic carbocycles. The number of ether oxygens (including phenoxy) is 2. The lowest BCUT2D eigenvalue weighted by molar-refractivity contribution is -0.117. The second kappa shape index (κ2) is 9.93. The van der Waals surface area contributed by atoms with Crippen molar-refractivity contribution in [1.82, 2.24) is 5.32 Å². The molecule has 26 heavy (non-hydrogen) atoms. The Balaban J connectivity index is 1.50. The van der Waals surface area contributed by atoms with Crippen LogP contribution in [0.1, 0.15) is 45.4 Å². The lowest BCUT2D eigenvalue weighted by Crippen LogP contribution is -2.34. The van der Waals surface area contributed by atoms with Gasteiger partial charge in [0.25, 0.3) is 0 Å². The summed E-state index contributed by atoms with van der Waals surface area (Å²) in [6.07, 6.45) is 6.50. The van der Waals surface area contributed by atoms with Gasteiger partial charge in [0.05, 0.1) is 11.8 Å². The molecule has 3 atom stereocenters. The van der Waals surface area contributed by atoms with Crippen molar-refractivity contribution >= 4 is 11.6 Å². The van der Waals surface area contributed by atoms with Gasteiger partial charge in [0, 0.05) is 13.0 Å². The minimum Gasteiger partial charge on any atom is -0.489 e.